The zero-order valence-electron chi connectivity index (χ0n) is 9.06. The molecule has 0 aromatic carbocycles. The molecule has 3 rings (SSSR count). The van der Waals surface area contributed by atoms with Crippen molar-refractivity contribution in [3.63, 3.8) is 0 Å². The minimum Gasteiger partial charge on any atom is -0.317 e. The van der Waals surface area contributed by atoms with E-state index in [0.717, 1.165) is 5.56 Å². The number of H-pyrrole nitrogens is 1. The SMILES string of the molecule is Cc1ccn2c1c(=O)[nH]c1cc(C#N)cnc12. The second-order valence-corrected chi connectivity index (χ2v) is 3.88. The molecule has 0 unspecified atom stereocenters. The quantitative estimate of drug-likeness (QED) is 0.626. The Morgan fingerprint density at radius 2 is 2.35 bits per heavy atom. The Morgan fingerprint density at radius 3 is 3.12 bits per heavy atom. The average molecular weight is 224 g/mol. The van der Waals surface area contributed by atoms with Gasteiger partial charge in [-0.25, -0.2) is 4.98 Å². The lowest BCUT2D eigenvalue weighted by Gasteiger charge is -2.02. The van der Waals surface area contributed by atoms with Gasteiger partial charge in [0.25, 0.3) is 5.56 Å². The summed E-state index contributed by atoms with van der Waals surface area (Å²) in [5, 5.41) is 8.79. The monoisotopic (exact) mass is 224 g/mol. The Morgan fingerprint density at radius 1 is 1.53 bits per heavy atom. The van der Waals surface area contributed by atoms with Crippen molar-refractivity contribution in [2.45, 2.75) is 6.92 Å². The summed E-state index contributed by atoms with van der Waals surface area (Å²) in [4.78, 5) is 18.8. The third kappa shape index (κ3) is 1.24. The molecule has 0 aliphatic heterocycles. The molecule has 0 bridgehead atoms. The second kappa shape index (κ2) is 3.19. The van der Waals surface area contributed by atoms with Crippen LogP contribution in [0.4, 0.5) is 0 Å². The molecular weight excluding hydrogens is 216 g/mol. The first-order valence-electron chi connectivity index (χ1n) is 5.10. The molecule has 3 aromatic rings. The van der Waals surface area contributed by atoms with E-state index in [2.05, 4.69) is 9.97 Å². The molecule has 1 N–H and O–H groups in total. The molecule has 0 fully saturated rings. The summed E-state index contributed by atoms with van der Waals surface area (Å²) in [5.41, 5.74) is 2.96. The van der Waals surface area contributed by atoms with Gasteiger partial charge < -0.3 is 4.98 Å². The van der Waals surface area contributed by atoms with Gasteiger partial charge in [-0.05, 0) is 24.6 Å². The lowest BCUT2D eigenvalue weighted by atomic mass is 10.3. The van der Waals surface area contributed by atoms with E-state index in [1.165, 1.54) is 6.20 Å². The van der Waals surface area contributed by atoms with Gasteiger partial charge >= 0.3 is 0 Å². The fourth-order valence-electron chi connectivity index (χ4n) is 1.98. The van der Waals surface area contributed by atoms with Crippen molar-refractivity contribution in [3.05, 3.63) is 46.0 Å². The van der Waals surface area contributed by atoms with Gasteiger partial charge in [-0.1, -0.05) is 0 Å². The van der Waals surface area contributed by atoms with Crippen molar-refractivity contribution < 1.29 is 0 Å². The fraction of sp³-hybridized carbons (Fsp3) is 0.0833. The number of hydrogen-bond donors (Lipinski definition) is 1. The number of fused-ring (bicyclic) bond motifs is 3. The first-order chi connectivity index (χ1) is 8.20. The van der Waals surface area contributed by atoms with Gasteiger partial charge in [0.15, 0.2) is 5.65 Å². The molecule has 0 saturated carbocycles. The van der Waals surface area contributed by atoms with Gasteiger partial charge in [0, 0.05) is 12.4 Å². The second-order valence-electron chi connectivity index (χ2n) is 3.88. The molecule has 0 saturated heterocycles. The molecule has 0 spiro atoms. The Kier molecular flexibility index (Phi) is 1.80. The van der Waals surface area contributed by atoms with E-state index in [1.807, 2.05) is 19.1 Å². The average Bonchev–Trinajstić information content (AvgIpc) is 2.71. The zero-order chi connectivity index (χ0) is 12.0. The van der Waals surface area contributed by atoms with Crippen LogP contribution >= 0.6 is 0 Å². The van der Waals surface area contributed by atoms with Crippen molar-refractivity contribution in [1.29, 1.82) is 5.26 Å². The number of aromatic amines is 1. The van der Waals surface area contributed by atoms with Gasteiger partial charge in [0.05, 0.1) is 11.1 Å². The largest absolute Gasteiger partial charge is 0.317 e. The Balaban J connectivity index is 2.59. The minimum absolute atomic E-state index is 0.170. The van der Waals surface area contributed by atoms with Crippen molar-refractivity contribution in [1.82, 2.24) is 14.4 Å². The number of aryl methyl sites for hydroxylation is 1. The number of nitrogens with one attached hydrogen (secondary N) is 1. The molecule has 5 nitrogen and oxygen atoms in total. The topological polar surface area (TPSA) is 73.9 Å². The van der Waals surface area contributed by atoms with Crippen LogP contribution in [-0.4, -0.2) is 14.4 Å². The smallest absolute Gasteiger partial charge is 0.273 e. The Labute approximate surface area is 96.0 Å². The molecule has 5 heteroatoms. The predicted octanol–water partition coefficient (Wildman–Crippen LogP) is 1.36. The third-order valence-electron chi connectivity index (χ3n) is 2.78. The van der Waals surface area contributed by atoms with E-state index in [4.69, 9.17) is 5.26 Å². The van der Waals surface area contributed by atoms with Gasteiger partial charge in [0.2, 0.25) is 0 Å². The molecule has 82 valence electrons. The molecule has 0 radical (unpaired) electrons. The number of nitrogens with zero attached hydrogens (tertiary/aromatic N) is 3. The standard InChI is InChI=1S/C12H8N4O/c1-7-2-3-16-10(7)12(17)15-9-4-8(5-13)6-14-11(9)16/h2-4,6H,1H3,(H,15,17). The number of rotatable bonds is 0. The minimum atomic E-state index is -0.170. The molecular formula is C12H8N4O. The third-order valence-corrected chi connectivity index (χ3v) is 2.78. The highest BCUT2D eigenvalue weighted by Gasteiger charge is 2.08. The van der Waals surface area contributed by atoms with Crippen LogP contribution in [0, 0.1) is 18.3 Å². The summed E-state index contributed by atoms with van der Waals surface area (Å²) in [7, 11) is 0. The highest BCUT2D eigenvalue weighted by atomic mass is 16.1. The molecule has 3 heterocycles. The lowest BCUT2D eigenvalue weighted by molar-refractivity contribution is 1.13. The molecule has 0 amide bonds. The van der Waals surface area contributed by atoms with Gasteiger partial charge in [-0.2, -0.15) is 5.26 Å². The normalized spacial score (nSPS) is 10.8. The maximum atomic E-state index is 11.9. The predicted molar refractivity (Wildman–Crippen MR) is 62.8 cm³/mol. The Hall–Kier alpha value is -2.61. The molecule has 0 atom stereocenters. The molecule has 17 heavy (non-hydrogen) atoms. The van der Waals surface area contributed by atoms with E-state index in [-0.39, 0.29) is 5.56 Å². The number of pyridine rings is 1. The highest BCUT2D eigenvalue weighted by Crippen LogP contribution is 2.14. The zero-order valence-corrected chi connectivity index (χ0v) is 9.06. The van der Waals surface area contributed by atoms with Gasteiger partial charge in [-0.3, -0.25) is 9.20 Å². The van der Waals surface area contributed by atoms with Crippen molar-refractivity contribution in [2.24, 2.45) is 0 Å². The summed E-state index contributed by atoms with van der Waals surface area (Å²) in [6.07, 6.45) is 3.30. The van der Waals surface area contributed by atoms with E-state index < -0.39 is 0 Å². The van der Waals surface area contributed by atoms with Crippen molar-refractivity contribution >= 4 is 16.7 Å². The van der Waals surface area contributed by atoms with E-state index in [0.29, 0.717) is 22.2 Å². The maximum absolute atomic E-state index is 11.9. The summed E-state index contributed by atoms with van der Waals surface area (Å²) in [6.45, 7) is 1.88. The van der Waals surface area contributed by atoms with Crippen LogP contribution in [0.15, 0.2) is 29.3 Å². The number of aromatic nitrogens is 3. The fourth-order valence-corrected chi connectivity index (χ4v) is 1.98. The summed E-state index contributed by atoms with van der Waals surface area (Å²) in [5.74, 6) is 0. The van der Waals surface area contributed by atoms with E-state index in [1.54, 1.807) is 16.7 Å². The number of hydrogen-bond acceptors (Lipinski definition) is 3. The summed E-state index contributed by atoms with van der Waals surface area (Å²) in [6, 6.07) is 5.49. The van der Waals surface area contributed by atoms with Gasteiger partial charge in [-0.15, -0.1) is 0 Å². The number of nitriles is 1. The summed E-state index contributed by atoms with van der Waals surface area (Å²) >= 11 is 0. The Bertz CT molecular complexity index is 835. The van der Waals surface area contributed by atoms with Gasteiger partial charge in [0.1, 0.15) is 11.6 Å². The van der Waals surface area contributed by atoms with Crippen LogP contribution < -0.4 is 5.56 Å². The van der Waals surface area contributed by atoms with Crippen molar-refractivity contribution in [3.8, 4) is 6.07 Å². The van der Waals surface area contributed by atoms with Crippen LogP contribution in [0.5, 0.6) is 0 Å². The first kappa shape index (κ1) is 9.60. The van der Waals surface area contributed by atoms with Crippen LogP contribution in [0.3, 0.4) is 0 Å². The van der Waals surface area contributed by atoms with Crippen molar-refractivity contribution in [2.75, 3.05) is 0 Å². The van der Waals surface area contributed by atoms with E-state index in [9.17, 15) is 4.79 Å². The summed E-state index contributed by atoms with van der Waals surface area (Å²) < 4.78 is 1.74. The molecule has 0 aliphatic carbocycles. The molecule has 0 aliphatic rings. The van der Waals surface area contributed by atoms with Crippen LogP contribution in [0.1, 0.15) is 11.1 Å². The highest BCUT2D eigenvalue weighted by molar-refractivity contribution is 5.76. The van der Waals surface area contributed by atoms with E-state index >= 15 is 0 Å². The van der Waals surface area contributed by atoms with Crippen LogP contribution in [0.2, 0.25) is 0 Å². The maximum Gasteiger partial charge on any atom is 0.273 e. The van der Waals surface area contributed by atoms with Crippen LogP contribution in [-0.2, 0) is 0 Å². The molecule has 3 aromatic heterocycles. The lowest BCUT2D eigenvalue weighted by Crippen LogP contribution is -2.11. The van der Waals surface area contributed by atoms with Crippen LogP contribution in [0.25, 0.3) is 16.7 Å². The first-order valence-corrected chi connectivity index (χ1v) is 5.10.